The number of aliphatic carboxylic acids is 1. The number of nitrogens with one attached hydrogen (secondary N) is 3. The molecule has 35 heavy (non-hydrogen) atoms. The number of aliphatic hydroxyl groups is 1. The molecular weight excluding hydrogens is 458 g/mol. The van der Waals surface area contributed by atoms with Gasteiger partial charge in [-0.05, 0) is 31.6 Å². The third kappa shape index (κ3) is 11.4. The second-order valence-electron chi connectivity index (χ2n) is 8.86. The lowest BCUT2D eigenvalue weighted by Gasteiger charge is -2.30. The second kappa shape index (κ2) is 15.9. The molecule has 0 aromatic carbocycles. The van der Waals surface area contributed by atoms with E-state index in [1.165, 1.54) is 6.92 Å². The molecular formula is C22H43N7O6. The van der Waals surface area contributed by atoms with Crippen LogP contribution in [0.2, 0.25) is 0 Å². The van der Waals surface area contributed by atoms with Gasteiger partial charge in [-0.2, -0.15) is 0 Å². The van der Waals surface area contributed by atoms with Crippen LogP contribution in [-0.4, -0.2) is 76.7 Å². The average molecular weight is 502 g/mol. The Hall–Kier alpha value is -2.93. The number of nitrogens with zero attached hydrogens (tertiary/aromatic N) is 1. The normalized spacial score (nSPS) is 17.0. The molecule has 0 rings (SSSR count). The molecule has 0 aromatic heterocycles. The van der Waals surface area contributed by atoms with Crippen molar-refractivity contribution in [1.29, 1.82) is 0 Å². The van der Waals surface area contributed by atoms with Crippen molar-refractivity contribution in [2.75, 3.05) is 6.54 Å². The van der Waals surface area contributed by atoms with Crippen LogP contribution in [0.5, 0.6) is 0 Å². The third-order valence-corrected chi connectivity index (χ3v) is 5.97. The van der Waals surface area contributed by atoms with Gasteiger partial charge in [0, 0.05) is 6.54 Å². The fraction of sp³-hybridized carbons (Fsp3) is 0.773. The minimum atomic E-state index is -1.23. The molecule has 0 heterocycles. The van der Waals surface area contributed by atoms with E-state index in [0.29, 0.717) is 19.3 Å². The number of hydrogen-bond acceptors (Lipinski definition) is 7. The van der Waals surface area contributed by atoms with Crippen molar-refractivity contribution in [3.63, 3.8) is 0 Å². The van der Waals surface area contributed by atoms with Crippen LogP contribution in [0.1, 0.15) is 60.3 Å². The molecule has 0 saturated heterocycles. The number of hydrogen-bond donors (Lipinski definition) is 8. The summed E-state index contributed by atoms with van der Waals surface area (Å²) in [4.78, 5) is 54.0. The van der Waals surface area contributed by atoms with Gasteiger partial charge < -0.3 is 43.4 Å². The molecule has 0 aliphatic rings. The second-order valence-corrected chi connectivity index (χ2v) is 8.86. The van der Waals surface area contributed by atoms with Crippen LogP contribution in [0.15, 0.2) is 4.99 Å². The van der Waals surface area contributed by atoms with E-state index in [1.807, 2.05) is 13.8 Å². The molecule has 0 fully saturated rings. The number of aliphatic imine (C=N–C) groups is 1. The summed E-state index contributed by atoms with van der Waals surface area (Å²) in [6.45, 7) is 8.74. The van der Waals surface area contributed by atoms with Gasteiger partial charge in [-0.1, -0.05) is 40.5 Å². The summed E-state index contributed by atoms with van der Waals surface area (Å²) in [5.74, 6) is -3.93. The van der Waals surface area contributed by atoms with E-state index in [4.69, 9.17) is 17.2 Å². The fourth-order valence-corrected chi connectivity index (χ4v) is 3.14. The monoisotopic (exact) mass is 501 g/mol. The predicted octanol–water partition coefficient (Wildman–Crippen LogP) is -1.62. The average Bonchev–Trinajstić information content (AvgIpc) is 2.80. The molecule has 13 nitrogen and oxygen atoms in total. The van der Waals surface area contributed by atoms with Crippen molar-refractivity contribution in [1.82, 2.24) is 16.0 Å². The number of guanidine groups is 1. The molecule has 11 N–H and O–H groups in total. The Morgan fingerprint density at radius 1 is 0.857 bits per heavy atom. The summed E-state index contributed by atoms with van der Waals surface area (Å²) in [7, 11) is 0. The summed E-state index contributed by atoms with van der Waals surface area (Å²) in [5, 5.41) is 26.8. The van der Waals surface area contributed by atoms with Crippen LogP contribution in [0.3, 0.4) is 0 Å². The molecule has 0 radical (unpaired) electrons. The summed E-state index contributed by atoms with van der Waals surface area (Å²) < 4.78 is 0. The van der Waals surface area contributed by atoms with E-state index in [1.54, 1.807) is 13.8 Å². The van der Waals surface area contributed by atoms with E-state index in [0.717, 1.165) is 0 Å². The van der Waals surface area contributed by atoms with Gasteiger partial charge in [-0.3, -0.25) is 19.4 Å². The lowest BCUT2D eigenvalue weighted by Crippen LogP contribution is -2.60. The van der Waals surface area contributed by atoms with Crippen molar-refractivity contribution >= 4 is 29.7 Å². The maximum Gasteiger partial charge on any atom is 0.326 e. The minimum absolute atomic E-state index is 0.0851. The number of nitrogens with two attached hydrogens (primary N) is 3. The molecule has 0 saturated carbocycles. The first kappa shape index (κ1) is 32.1. The van der Waals surface area contributed by atoms with Crippen LogP contribution in [0.25, 0.3) is 0 Å². The fourth-order valence-electron chi connectivity index (χ4n) is 3.14. The summed E-state index contributed by atoms with van der Waals surface area (Å²) in [5.41, 5.74) is 16.2. The van der Waals surface area contributed by atoms with Gasteiger partial charge >= 0.3 is 5.97 Å². The molecule has 3 amide bonds. The van der Waals surface area contributed by atoms with Crippen LogP contribution in [0, 0.1) is 11.8 Å². The van der Waals surface area contributed by atoms with E-state index in [9.17, 15) is 29.4 Å². The maximum atomic E-state index is 13.1. The number of carbonyl (C=O) groups is 4. The Kier molecular flexibility index (Phi) is 14.5. The lowest BCUT2D eigenvalue weighted by molar-refractivity contribution is -0.143. The van der Waals surface area contributed by atoms with Crippen molar-refractivity contribution < 1.29 is 29.4 Å². The summed E-state index contributed by atoms with van der Waals surface area (Å²) >= 11 is 0. The van der Waals surface area contributed by atoms with E-state index in [2.05, 4.69) is 20.9 Å². The summed E-state index contributed by atoms with van der Waals surface area (Å²) in [6, 6.07) is -4.47. The molecule has 0 bridgehead atoms. The maximum absolute atomic E-state index is 13.1. The predicted molar refractivity (Wildman–Crippen MR) is 132 cm³/mol. The van der Waals surface area contributed by atoms with Gasteiger partial charge in [0.05, 0.1) is 6.10 Å². The molecule has 0 aromatic rings. The highest BCUT2D eigenvalue weighted by atomic mass is 16.4. The zero-order valence-corrected chi connectivity index (χ0v) is 21.3. The van der Waals surface area contributed by atoms with Gasteiger partial charge in [0.15, 0.2) is 5.96 Å². The van der Waals surface area contributed by atoms with Crippen LogP contribution in [-0.2, 0) is 19.2 Å². The quantitative estimate of drug-likeness (QED) is 0.0688. The first-order valence-corrected chi connectivity index (χ1v) is 11.9. The Bertz CT molecular complexity index is 742. The van der Waals surface area contributed by atoms with E-state index in [-0.39, 0.29) is 30.8 Å². The molecule has 0 aliphatic carbocycles. The van der Waals surface area contributed by atoms with Crippen molar-refractivity contribution in [3.05, 3.63) is 0 Å². The Morgan fingerprint density at radius 2 is 1.31 bits per heavy atom. The molecule has 7 atom stereocenters. The third-order valence-electron chi connectivity index (χ3n) is 5.97. The van der Waals surface area contributed by atoms with Crippen molar-refractivity contribution in [2.45, 2.75) is 90.6 Å². The van der Waals surface area contributed by atoms with Gasteiger partial charge in [-0.25, -0.2) is 4.79 Å². The molecule has 13 heteroatoms. The highest BCUT2D eigenvalue weighted by molar-refractivity contribution is 5.94. The number of aliphatic hydroxyl groups excluding tert-OH is 1. The van der Waals surface area contributed by atoms with Crippen molar-refractivity contribution in [3.8, 4) is 0 Å². The van der Waals surface area contributed by atoms with Gasteiger partial charge in [0.25, 0.3) is 0 Å². The molecule has 7 unspecified atom stereocenters. The van der Waals surface area contributed by atoms with Gasteiger partial charge in [0.2, 0.25) is 17.7 Å². The largest absolute Gasteiger partial charge is 0.480 e. The van der Waals surface area contributed by atoms with E-state index < -0.39 is 54.0 Å². The van der Waals surface area contributed by atoms with Crippen LogP contribution >= 0.6 is 0 Å². The SMILES string of the molecule is CCC(C)C(NC(=O)C(N)C(C)O)C(=O)NC(C(=O)NC(CCCN=C(N)N)C(=O)O)C(C)CC. The number of carboxylic acid groups (broad SMARTS) is 1. The molecule has 202 valence electrons. The number of rotatable bonds is 16. The highest BCUT2D eigenvalue weighted by Crippen LogP contribution is 2.13. The Morgan fingerprint density at radius 3 is 1.71 bits per heavy atom. The van der Waals surface area contributed by atoms with Gasteiger partial charge in [-0.15, -0.1) is 0 Å². The Labute approximate surface area is 206 Å². The van der Waals surface area contributed by atoms with Crippen LogP contribution < -0.4 is 33.2 Å². The number of amides is 3. The zero-order chi connectivity index (χ0) is 27.3. The number of carboxylic acids is 1. The number of carbonyl (C=O) groups excluding carboxylic acids is 3. The van der Waals surface area contributed by atoms with E-state index >= 15 is 0 Å². The zero-order valence-electron chi connectivity index (χ0n) is 21.3. The standard InChI is InChI=1S/C22H43N7O6/c1-6-11(3)16(19(32)27-14(21(34)35)9-8-10-26-22(24)25)29-20(33)17(12(4)7-2)28-18(31)15(23)13(5)30/h11-17,30H,6-10,23H2,1-5H3,(H,27,32)(H,28,31)(H,29,33)(H,34,35)(H4,24,25,26). The highest BCUT2D eigenvalue weighted by Gasteiger charge is 2.34. The van der Waals surface area contributed by atoms with Crippen LogP contribution in [0.4, 0.5) is 0 Å². The van der Waals surface area contributed by atoms with Gasteiger partial charge in [0.1, 0.15) is 24.2 Å². The topological polar surface area (TPSA) is 235 Å². The lowest BCUT2D eigenvalue weighted by atomic mass is 9.94. The summed E-state index contributed by atoms with van der Waals surface area (Å²) in [6.07, 6.45) is 0.352. The smallest absolute Gasteiger partial charge is 0.326 e. The molecule has 0 aliphatic heterocycles. The molecule has 0 spiro atoms. The first-order chi connectivity index (χ1) is 16.3. The Balaban J connectivity index is 5.56. The van der Waals surface area contributed by atoms with Crippen molar-refractivity contribution in [2.24, 2.45) is 34.0 Å². The minimum Gasteiger partial charge on any atom is -0.480 e. The first-order valence-electron chi connectivity index (χ1n) is 11.9.